The average molecular weight is 220 g/mol. The van der Waals surface area contributed by atoms with Gasteiger partial charge in [-0.2, -0.15) is 0 Å². The van der Waals surface area contributed by atoms with Gasteiger partial charge >= 0.3 is 0 Å². The molecule has 4 N–H and O–H groups in total. The molecule has 0 saturated carbocycles. The molecule has 1 heterocycles. The number of nitrogens with one attached hydrogen (secondary N) is 1. The summed E-state index contributed by atoms with van der Waals surface area (Å²) in [6, 6.07) is 4.86. The third kappa shape index (κ3) is 1.82. The van der Waals surface area contributed by atoms with Crippen molar-refractivity contribution in [3.8, 4) is 0 Å². The SMILES string of the molecule is NCC(O)C(=O)c1ccc2c(c1)CC(=O)N2. The number of fused-ring (bicyclic) bond motifs is 1. The van der Waals surface area contributed by atoms with Gasteiger partial charge in [-0.05, 0) is 23.8 Å². The van der Waals surface area contributed by atoms with Crippen LogP contribution in [0.25, 0.3) is 0 Å². The van der Waals surface area contributed by atoms with E-state index in [0.29, 0.717) is 5.56 Å². The summed E-state index contributed by atoms with van der Waals surface area (Å²) in [4.78, 5) is 22.7. The van der Waals surface area contributed by atoms with Crippen molar-refractivity contribution in [2.75, 3.05) is 11.9 Å². The van der Waals surface area contributed by atoms with Crippen molar-refractivity contribution >= 4 is 17.4 Å². The number of carbonyl (C=O) groups excluding carboxylic acids is 2. The first-order chi connectivity index (χ1) is 7.61. The van der Waals surface area contributed by atoms with Crippen molar-refractivity contribution in [3.63, 3.8) is 0 Å². The summed E-state index contributed by atoms with van der Waals surface area (Å²) in [7, 11) is 0. The molecule has 1 amide bonds. The second-order valence-corrected chi connectivity index (χ2v) is 3.71. The number of aliphatic hydroxyl groups excluding tert-OH is 1. The summed E-state index contributed by atoms with van der Waals surface area (Å²) in [5, 5.41) is 12.0. The Balaban J connectivity index is 2.29. The lowest BCUT2D eigenvalue weighted by Crippen LogP contribution is -2.29. The summed E-state index contributed by atoms with van der Waals surface area (Å²) in [5.74, 6) is -0.497. The number of nitrogens with two attached hydrogens (primary N) is 1. The fourth-order valence-electron chi connectivity index (χ4n) is 1.68. The van der Waals surface area contributed by atoms with Gasteiger partial charge in [-0.15, -0.1) is 0 Å². The highest BCUT2D eigenvalue weighted by atomic mass is 16.3. The Morgan fingerprint density at radius 1 is 1.56 bits per heavy atom. The molecule has 5 heteroatoms. The second-order valence-electron chi connectivity index (χ2n) is 3.71. The third-order valence-electron chi connectivity index (χ3n) is 2.54. The fraction of sp³-hybridized carbons (Fsp3) is 0.273. The summed E-state index contributed by atoms with van der Waals surface area (Å²) < 4.78 is 0. The van der Waals surface area contributed by atoms with Gasteiger partial charge in [-0.1, -0.05) is 0 Å². The van der Waals surface area contributed by atoms with Gasteiger partial charge in [0, 0.05) is 17.8 Å². The molecule has 0 fully saturated rings. The predicted molar refractivity (Wildman–Crippen MR) is 58.2 cm³/mol. The van der Waals surface area contributed by atoms with Crippen LogP contribution in [0, 0.1) is 0 Å². The normalized spacial score (nSPS) is 15.5. The molecule has 1 aromatic rings. The van der Waals surface area contributed by atoms with Gasteiger partial charge in [-0.25, -0.2) is 0 Å². The number of amides is 1. The maximum Gasteiger partial charge on any atom is 0.228 e. The Bertz CT molecular complexity index is 457. The van der Waals surface area contributed by atoms with Crippen molar-refractivity contribution < 1.29 is 14.7 Å². The Kier molecular flexibility index (Phi) is 2.72. The number of ketones is 1. The van der Waals surface area contributed by atoms with Gasteiger partial charge in [0.05, 0.1) is 6.42 Å². The lowest BCUT2D eigenvalue weighted by Gasteiger charge is -2.07. The standard InChI is InChI=1S/C11H12N2O3/c12-5-9(14)11(16)6-1-2-8-7(3-6)4-10(15)13-8/h1-3,9,14H,4-5,12H2,(H,13,15). The topological polar surface area (TPSA) is 92.4 Å². The molecule has 1 aliphatic heterocycles. The zero-order valence-corrected chi connectivity index (χ0v) is 8.56. The van der Waals surface area contributed by atoms with E-state index in [1.165, 1.54) is 0 Å². The zero-order valence-electron chi connectivity index (χ0n) is 8.56. The average Bonchev–Trinajstić information content (AvgIpc) is 2.65. The zero-order chi connectivity index (χ0) is 11.7. The van der Waals surface area contributed by atoms with Crippen LogP contribution in [0.15, 0.2) is 18.2 Å². The quantitative estimate of drug-likeness (QED) is 0.609. The first-order valence-corrected chi connectivity index (χ1v) is 4.97. The van der Waals surface area contributed by atoms with Crippen LogP contribution in [0.4, 0.5) is 5.69 Å². The minimum atomic E-state index is -1.18. The fourth-order valence-corrected chi connectivity index (χ4v) is 1.68. The lowest BCUT2D eigenvalue weighted by molar-refractivity contribution is -0.115. The van der Waals surface area contributed by atoms with Gasteiger partial charge in [0.25, 0.3) is 0 Å². The van der Waals surface area contributed by atoms with Crippen molar-refractivity contribution in [1.29, 1.82) is 0 Å². The van der Waals surface area contributed by atoms with Crippen LogP contribution in [-0.4, -0.2) is 29.4 Å². The Morgan fingerprint density at radius 3 is 3.00 bits per heavy atom. The van der Waals surface area contributed by atoms with Gasteiger partial charge in [-0.3, -0.25) is 9.59 Å². The van der Waals surface area contributed by atoms with Crippen molar-refractivity contribution in [1.82, 2.24) is 0 Å². The third-order valence-corrected chi connectivity index (χ3v) is 2.54. The van der Waals surface area contributed by atoms with E-state index in [4.69, 9.17) is 5.73 Å². The Hall–Kier alpha value is -1.72. The molecule has 16 heavy (non-hydrogen) atoms. The molecule has 1 unspecified atom stereocenters. The smallest absolute Gasteiger partial charge is 0.228 e. The number of rotatable bonds is 3. The number of hydrogen-bond donors (Lipinski definition) is 3. The van der Waals surface area contributed by atoms with Crippen LogP contribution in [-0.2, 0) is 11.2 Å². The van der Waals surface area contributed by atoms with E-state index in [0.717, 1.165) is 11.3 Å². The molecular formula is C11H12N2O3. The van der Waals surface area contributed by atoms with Crippen LogP contribution in [0.1, 0.15) is 15.9 Å². The van der Waals surface area contributed by atoms with Gasteiger partial charge in [0.2, 0.25) is 5.91 Å². The highest BCUT2D eigenvalue weighted by Gasteiger charge is 2.21. The molecule has 0 saturated heterocycles. The van der Waals surface area contributed by atoms with E-state index in [1.807, 2.05) is 0 Å². The van der Waals surface area contributed by atoms with Crippen LogP contribution in [0.3, 0.4) is 0 Å². The maximum absolute atomic E-state index is 11.6. The predicted octanol–water partition coefficient (Wildman–Crippen LogP) is -0.317. The van der Waals surface area contributed by atoms with Gasteiger partial charge < -0.3 is 16.2 Å². The summed E-state index contributed by atoms with van der Waals surface area (Å²) >= 11 is 0. The molecule has 1 aromatic carbocycles. The largest absolute Gasteiger partial charge is 0.384 e. The first kappa shape index (κ1) is 10.8. The van der Waals surface area contributed by atoms with E-state index >= 15 is 0 Å². The minimum Gasteiger partial charge on any atom is -0.384 e. The molecule has 2 rings (SSSR count). The molecule has 0 radical (unpaired) electrons. The Morgan fingerprint density at radius 2 is 2.31 bits per heavy atom. The van der Waals surface area contributed by atoms with Crippen molar-refractivity contribution in [2.45, 2.75) is 12.5 Å². The molecule has 0 spiro atoms. The number of benzene rings is 1. The van der Waals surface area contributed by atoms with E-state index in [2.05, 4.69) is 5.32 Å². The molecular weight excluding hydrogens is 208 g/mol. The van der Waals surface area contributed by atoms with E-state index in [-0.39, 0.29) is 18.9 Å². The molecule has 1 atom stereocenters. The molecule has 84 valence electrons. The highest BCUT2D eigenvalue weighted by molar-refractivity contribution is 6.03. The summed E-state index contributed by atoms with van der Waals surface area (Å²) in [6.07, 6.45) is -0.905. The lowest BCUT2D eigenvalue weighted by atomic mass is 10.0. The molecule has 0 bridgehead atoms. The molecule has 0 aliphatic carbocycles. The molecule has 5 nitrogen and oxygen atoms in total. The van der Waals surface area contributed by atoms with Crippen LogP contribution >= 0.6 is 0 Å². The second kappa shape index (κ2) is 4.03. The highest BCUT2D eigenvalue weighted by Crippen LogP contribution is 2.24. The van der Waals surface area contributed by atoms with Gasteiger partial charge in [0.1, 0.15) is 6.10 Å². The van der Waals surface area contributed by atoms with E-state index < -0.39 is 11.9 Å². The molecule has 1 aliphatic rings. The number of aliphatic hydroxyl groups is 1. The monoisotopic (exact) mass is 220 g/mol. The van der Waals surface area contributed by atoms with Crippen molar-refractivity contribution in [2.24, 2.45) is 5.73 Å². The number of Topliss-reactive ketones (excluding diaryl/α,β-unsaturated/α-hetero) is 1. The van der Waals surface area contributed by atoms with Crippen LogP contribution < -0.4 is 11.1 Å². The summed E-state index contributed by atoms with van der Waals surface area (Å²) in [6.45, 7) is -0.104. The van der Waals surface area contributed by atoms with Crippen molar-refractivity contribution in [3.05, 3.63) is 29.3 Å². The minimum absolute atomic E-state index is 0.0843. The maximum atomic E-state index is 11.6. The van der Waals surface area contributed by atoms with Crippen LogP contribution in [0.5, 0.6) is 0 Å². The first-order valence-electron chi connectivity index (χ1n) is 4.97. The number of hydrogen-bond acceptors (Lipinski definition) is 4. The van der Waals surface area contributed by atoms with Gasteiger partial charge in [0.15, 0.2) is 5.78 Å². The van der Waals surface area contributed by atoms with Crippen LogP contribution in [0.2, 0.25) is 0 Å². The van der Waals surface area contributed by atoms with E-state index in [1.54, 1.807) is 18.2 Å². The van der Waals surface area contributed by atoms with E-state index in [9.17, 15) is 14.7 Å². The molecule has 0 aromatic heterocycles. The number of carbonyl (C=O) groups is 2. The Labute approximate surface area is 92.3 Å². The number of anilines is 1. The summed E-state index contributed by atoms with van der Waals surface area (Å²) in [5.41, 5.74) is 7.09.